The summed E-state index contributed by atoms with van der Waals surface area (Å²) >= 11 is 0. The summed E-state index contributed by atoms with van der Waals surface area (Å²) in [6.45, 7) is 7.23. The van der Waals surface area contributed by atoms with Crippen LogP contribution < -0.4 is 5.32 Å². The molecular weight excluding hydrogens is 211 g/mol. The number of urea groups is 1. The van der Waals surface area contributed by atoms with Crippen molar-refractivity contribution >= 4 is 11.9 Å². The van der Waals surface area contributed by atoms with Gasteiger partial charge in [-0.05, 0) is 5.41 Å². The predicted octanol–water partition coefficient (Wildman–Crippen LogP) is 1.31. The van der Waals surface area contributed by atoms with E-state index in [9.17, 15) is 14.0 Å². The quantitative estimate of drug-likeness (QED) is 0.679. The first-order valence-electron chi connectivity index (χ1n) is 5.35. The van der Waals surface area contributed by atoms with Crippen LogP contribution in [0.2, 0.25) is 0 Å². The Balaban J connectivity index is 2.53. The van der Waals surface area contributed by atoms with E-state index >= 15 is 0 Å². The molecule has 0 aromatic rings. The minimum Gasteiger partial charge on any atom is -0.320 e. The highest BCUT2D eigenvalue weighted by molar-refractivity contribution is 6.04. The molecule has 0 aromatic carbocycles. The Morgan fingerprint density at radius 2 is 1.75 bits per heavy atom. The SMILES string of the molecule is CN1C(=O)NC(=O)C2(F)C1C(C)(C)C2(C)C. The van der Waals surface area contributed by atoms with Crippen molar-refractivity contribution in [1.82, 2.24) is 10.2 Å². The van der Waals surface area contributed by atoms with Crippen LogP contribution in [0.5, 0.6) is 0 Å². The van der Waals surface area contributed by atoms with Gasteiger partial charge >= 0.3 is 6.03 Å². The van der Waals surface area contributed by atoms with Crippen LogP contribution in [0.3, 0.4) is 0 Å². The number of halogens is 1. The molecule has 0 spiro atoms. The molecule has 1 saturated carbocycles. The molecule has 2 rings (SSSR count). The molecule has 1 aliphatic heterocycles. The fraction of sp³-hybridized carbons (Fsp3) is 0.818. The van der Waals surface area contributed by atoms with Crippen molar-refractivity contribution in [3.8, 4) is 0 Å². The van der Waals surface area contributed by atoms with Crippen molar-refractivity contribution < 1.29 is 14.0 Å². The first-order valence-corrected chi connectivity index (χ1v) is 5.35. The molecule has 1 aliphatic carbocycles. The molecule has 1 saturated heterocycles. The summed E-state index contributed by atoms with van der Waals surface area (Å²) in [6.07, 6.45) is 0. The average Bonchev–Trinajstić information content (AvgIpc) is 2.14. The summed E-state index contributed by atoms with van der Waals surface area (Å²) in [6, 6.07) is -1.21. The van der Waals surface area contributed by atoms with E-state index in [-0.39, 0.29) is 0 Å². The van der Waals surface area contributed by atoms with Crippen molar-refractivity contribution in [3.05, 3.63) is 0 Å². The topological polar surface area (TPSA) is 49.4 Å². The summed E-state index contributed by atoms with van der Waals surface area (Å²) in [4.78, 5) is 24.5. The lowest BCUT2D eigenvalue weighted by molar-refractivity contribution is -0.244. The van der Waals surface area contributed by atoms with Crippen LogP contribution >= 0.6 is 0 Å². The van der Waals surface area contributed by atoms with Gasteiger partial charge in [-0.2, -0.15) is 0 Å². The summed E-state index contributed by atoms with van der Waals surface area (Å²) in [7, 11) is 1.53. The van der Waals surface area contributed by atoms with Gasteiger partial charge in [-0.25, -0.2) is 9.18 Å². The fourth-order valence-electron chi connectivity index (χ4n) is 3.12. The number of rotatable bonds is 0. The van der Waals surface area contributed by atoms with E-state index in [1.165, 1.54) is 11.9 Å². The molecule has 2 aliphatic rings. The van der Waals surface area contributed by atoms with Gasteiger partial charge in [0, 0.05) is 12.5 Å². The normalized spacial score (nSPS) is 39.9. The van der Waals surface area contributed by atoms with Crippen LogP contribution in [0.1, 0.15) is 27.7 Å². The number of hydrogen-bond donors (Lipinski definition) is 1. The molecule has 2 fully saturated rings. The highest BCUT2D eigenvalue weighted by Crippen LogP contribution is 2.66. The van der Waals surface area contributed by atoms with Gasteiger partial charge in [0.05, 0.1) is 6.04 Å². The molecular formula is C11H17FN2O2. The van der Waals surface area contributed by atoms with Crippen LogP contribution in [0.25, 0.3) is 0 Å². The third kappa shape index (κ3) is 0.825. The maximum atomic E-state index is 14.8. The molecule has 0 aromatic heterocycles. The summed E-state index contributed by atoms with van der Waals surface area (Å²) in [5.74, 6) is -0.801. The third-order valence-corrected chi connectivity index (χ3v) is 4.84. The van der Waals surface area contributed by atoms with Gasteiger partial charge in [-0.1, -0.05) is 27.7 Å². The smallest absolute Gasteiger partial charge is 0.320 e. The van der Waals surface area contributed by atoms with E-state index in [0.717, 1.165) is 0 Å². The summed E-state index contributed by atoms with van der Waals surface area (Å²) < 4.78 is 14.8. The summed E-state index contributed by atoms with van der Waals surface area (Å²) in [5.41, 5.74) is -3.20. The van der Waals surface area contributed by atoms with Gasteiger partial charge in [-0.3, -0.25) is 10.1 Å². The van der Waals surface area contributed by atoms with E-state index in [1.54, 1.807) is 13.8 Å². The van der Waals surface area contributed by atoms with Crippen molar-refractivity contribution in [1.29, 1.82) is 0 Å². The molecule has 1 N–H and O–H groups in total. The van der Waals surface area contributed by atoms with Gasteiger partial charge in [0.15, 0.2) is 0 Å². The molecule has 0 radical (unpaired) electrons. The first kappa shape index (κ1) is 11.4. The number of carbonyl (C=O) groups excluding carboxylic acids is 2. The molecule has 3 amide bonds. The number of carbonyl (C=O) groups is 2. The van der Waals surface area contributed by atoms with Crippen LogP contribution in [0, 0.1) is 10.8 Å². The molecule has 90 valence electrons. The number of amides is 3. The van der Waals surface area contributed by atoms with Crippen molar-refractivity contribution in [2.24, 2.45) is 10.8 Å². The van der Waals surface area contributed by atoms with E-state index in [1.807, 2.05) is 13.8 Å². The zero-order valence-electron chi connectivity index (χ0n) is 10.2. The fourth-order valence-corrected chi connectivity index (χ4v) is 3.12. The molecule has 2 atom stereocenters. The first-order chi connectivity index (χ1) is 7.08. The second-order valence-electron chi connectivity index (χ2n) is 5.83. The van der Waals surface area contributed by atoms with Gasteiger partial charge in [0.25, 0.3) is 5.91 Å². The number of imide groups is 1. The van der Waals surface area contributed by atoms with E-state index in [0.29, 0.717) is 0 Å². The Hall–Kier alpha value is -1.13. The minimum absolute atomic E-state index is 0.427. The largest absolute Gasteiger partial charge is 0.324 e. The number of fused-ring (bicyclic) bond motifs is 1. The van der Waals surface area contributed by atoms with Crippen molar-refractivity contribution in [2.45, 2.75) is 39.4 Å². The minimum atomic E-state index is -1.99. The van der Waals surface area contributed by atoms with Gasteiger partial charge in [0.1, 0.15) is 0 Å². The van der Waals surface area contributed by atoms with Gasteiger partial charge in [0.2, 0.25) is 5.67 Å². The lowest BCUT2D eigenvalue weighted by Crippen LogP contribution is -2.86. The lowest BCUT2D eigenvalue weighted by atomic mass is 9.40. The van der Waals surface area contributed by atoms with E-state index < -0.39 is 34.5 Å². The maximum absolute atomic E-state index is 14.8. The van der Waals surface area contributed by atoms with E-state index in [2.05, 4.69) is 5.32 Å². The molecule has 5 heteroatoms. The Kier molecular flexibility index (Phi) is 1.83. The highest BCUT2D eigenvalue weighted by Gasteiger charge is 2.79. The predicted molar refractivity (Wildman–Crippen MR) is 56.5 cm³/mol. The Morgan fingerprint density at radius 3 is 2.25 bits per heavy atom. The molecule has 4 nitrogen and oxygen atoms in total. The zero-order valence-corrected chi connectivity index (χ0v) is 10.2. The highest BCUT2D eigenvalue weighted by atomic mass is 19.1. The standard InChI is InChI=1S/C11H17FN2O2/c1-9(2)6-11(12,10(9,3)4)7(15)13-8(16)14(6)5/h6H,1-5H3,(H,13,15,16). The van der Waals surface area contributed by atoms with Crippen LogP contribution in [-0.2, 0) is 4.79 Å². The number of alkyl halides is 1. The second-order valence-corrected chi connectivity index (χ2v) is 5.83. The molecule has 2 unspecified atom stereocenters. The van der Waals surface area contributed by atoms with Crippen molar-refractivity contribution in [3.63, 3.8) is 0 Å². The van der Waals surface area contributed by atoms with E-state index in [4.69, 9.17) is 0 Å². The Bertz CT molecular complexity index is 391. The Labute approximate surface area is 94.2 Å². The molecule has 1 heterocycles. The Morgan fingerprint density at radius 1 is 1.25 bits per heavy atom. The van der Waals surface area contributed by atoms with Gasteiger partial charge in [-0.15, -0.1) is 0 Å². The number of nitrogens with one attached hydrogen (secondary N) is 1. The van der Waals surface area contributed by atoms with Gasteiger partial charge < -0.3 is 4.90 Å². The number of hydrogen-bond acceptors (Lipinski definition) is 2. The van der Waals surface area contributed by atoms with Crippen LogP contribution in [0.15, 0.2) is 0 Å². The molecule has 0 bridgehead atoms. The monoisotopic (exact) mass is 228 g/mol. The number of nitrogens with zero attached hydrogens (tertiary/aromatic N) is 1. The van der Waals surface area contributed by atoms with Crippen LogP contribution in [-0.4, -0.2) is 35.6 Å². The lowest BCUT2D eigenvalue weighted by Gasteiger charge is -2.70. The van der Waals surface area contributed by atoms with Crippen molar-refractivity contribution in [2.75, 3.05) is 7.05 Å². The summed E-state index contributed by atoms with van der Waals surface area (Å²) in [5, 5.41) is 2.07. The maximum Gasteiger partial charge on any atom is 0.324 e. The third-order valence-electron chi connectivity index (χ3n) is 4.84. The molecule has 16 heavy (non-hydrogen) atoms. The second kappa shape index (κ2) is 2.57. The zero-order chi connectivity index (χ0) is 12.5. The average molecular weight is 228 g/mol. The van der Waals surface area contributed by atoms with Crippen LogP contribution in [0.4, 0.5) is 9.18 Å².